The predicted octanol–water partition coefficient (Wildman–Crippen LogP) is 3.76. The van der Waals surface area contributed by atoms with Crippen molar-refractivity contribution < 1.29 is 9.47 Å². The van der Waals surface area contributed by atoms with Crippen LogP contribution < -0.4 is 14.8 Å². The molecule has 0 bridgehead atoms. The molecule has 166 valence electrons. The van der Waals surface area contributed by atoms with E-state index < -0.39 is 0 Å². The van der Waals surface area contributed by atoms with Gasteiger partial charge in [-0.05, 0) is 48.2 Å². The highest BCUT2D eigenvalue weighted by Gasteiger charge is 2.21. The molecule has 0 saturated heterocycles. The zero-order valence-corrected chi connectivity index (χ0v) is 20.6. The van der Waals surface area contributed by atoms with Gasteiger partial charge in [-0.25, -0.2) is 4.98 Å². The lowest BCUT2D eigenvalue weighted by atomic mass is 9.99. The van der Waals surface area contributed by atoms with E-state index in [1.165, 1.54) is 11.1 Å². The third-order valence-electron chi connectivity index (χ3n) is 5.54. The third kappa shape index (κ3) is 5.23. The SMILES string of the molecule is CN=C(NCCCc1nc2ccccc2[nH]1)N1CCc2cc(OC)c(OC)cc2C1.I. The van der Waals surface area contributed by atoms with Crippen LogP contribution in [0.5, 0.6) is 11.5 Å². The van der Waals surface area contributed by atoms with Crippen LogP contribution in [0.3, 0.4) is 0 Å². The number of H-pyrrole nitrogens is 1. The van der Waals surface area contributed by atoms with Crippen molar-refractivity contribution in [1.82, 2.24) is 20.2 Å². The topological polar surface area (TPSA) is 74.8 Å². The summed E-state index contributed by atoms with van der Waals surface area (Å²) in [6, 6.07) is 12.3. The van der Waals surface area contributed by atoms with Crippen molar-refractivity contribution in [2.75, 3.05) is 34.4 Å². The number of benzene rings is 2. The summed E-state index contributed by atoms with van der Waals surface area (Å²) < 4.78 is 10.9. The number of halogens is 1. The zero-order valence-electron chi connectivity index (χ0n) is 18.3. The fourth-order valence-corrected chi connectivity index (χ4v) is 3.98. The van der Waals surface area contributed by atoms with Gasteiger partial charge in [-0.2, -0.15) is 0 Å². The molecule has 2 N–H and O–H groups in total. The Morgan fingerprint density at radius 3 is 2.61 bits per heavy atom. The molecule has 3 aromatic rings. The summed E-state index contributed by atoms with van der Waals surface area (Å²) in [7, 11) is 5.19. The molecule has 0 amide bonds. The number of methoxy groups -OCH3 is 2. The standard InChI is InChI=1S/C23H29N5O2.HI/c1-24-23(25-11-6-9-22-26-18-7-4-5-8-19(18)27-22)28-12-10-16-13-20(29-2)21(30-3)14-17(16)15-28;/h4-5,7-8,13-14H,6,9-12,15H2,1-3H3,(H,24,25)(H,26,27);1H. The van der Waals surface area contributed by atoms with E-state index in [9.17, 15) is 0 Å². The van der Waals surface area contributed by atoms with Gasteiger partial charge in [-0.1, -0.05) is 12.1 Å². The summed E-state index contributed by atoms with van der Waals surface area (Å²) in [6.07, 6.45) is 2.84. The predicted molar refractivity (Wildman–Crippen MR) is 135 cm³/mol. The number of aryl methyl sites for hydroxylation is 1. The van der Waals surface area contributed by atoms with E-state index in [0.717, 1.165) is 73.2 Å². The Hall–Kier alpha value is -2.49. The lowest BCUT2D eigenvalue weighted by molar-refractivity contribution is 0.346. The van der Waals surface area contributed by atoms with Crippen molar-refractivity contribution in [3.63, 3.8) is 0 Å². The molecule has 0 spiro atoms. The van der Waals surface area contributed by atoms with Crippen LogP contribution in [0, 0.1) is 0 Å². The highest BCUT2D eigenvalue weighted by Crippen LogP contribution is 2.33. The van der Waals surface area contributed by atoms with Gasteiger partial charge in [-0.3, -0.25) is 4.99 Å². The molecule has 1 aliphatic rings. The number of imidazole rings is 1. The summed E-state index contributed by atoms with van der Waals surface area (Å²) in [5.41, 5.74) is 4.68. The van der Waals surface area contributed by atoms with Gasteiger partial charge in [0.25, 0.3) is 0 Å². The van der Waals surface area contributed by atoms with Crippen LogP contribution in [0.1, 0.15) is 23.4 Å². The van der Waals surface area contributed by atoms with Gasteiger partial charge in [-0.15, -0.1) is 24.0 Å². The number of fused-ring (bicyclic) bond motifs is 2. The Kier molecular flexibility index (Phi) is 8.00. The molecule has 0 unspecified atom stereocenters. The first kappa shape index (κ1) is 23.2. The quantitative estimate of drug-likeness (QED) is 0.218. The van der Waals surface area contributed by atoms with Crippen LogP contribution in [-0.4, -0.2) is 55.2 Å². The summed E-state index contributed by atoms with van der Waals surface area (Å²) in [5.74, 6) is 3.52. The summed E-state index contributed by atoms with van der Waals surface area (Å²) in [5, 5.41) is 3.50. The van der Waals surface area contributed by atoms with Crippen LogP contribution in [0.15, 0.2) is 41.4 Å². The monoisotopic (exact) mass is 535 g/mol. The Bertz CT molecular complexity index is 1020. The lowest BCUT2D eigenvalue weighted by Crippen LogP contribution is -2.44. The highest BCUT2D eigenvalue weighted by molar-refractivity contribution is 14.0. The minimum atomic E-state index is 0. The Morgan fingerprint density at radius 1 is 1.16 bits per heavy atom. The van der Waals surface area contributed by atoms with Crippen LogP contribution >= 0.6 is 24.0 Å². The normalized spacial score (nSPS) is 13.5. The number of rotatable bonds is 6. The van der Waals surface area contributed by atoms with Gasteiger partial charge in [0.1, 0.15) is 5.82 Å². The van der Waals surface area contributed by atoms with Gasteiger partial charge >= 0.3 is 0 Å². The average molecular weight is 535 g/mol. The molecule has 0 atom stereocenters. The number of nitrogens with zero attached hydrogens (tertiary/aromatic N) is 3. The highest BCUT2D eigenvalue weighted by atomic mass is 127. The van der Waals surface area contributed by atoms with Gasteiger partial charge in [0.2, 0.25) is 0 Å². The number of nitrogens with one attached hydrogen (secondary N) is 2. The van der Waals surface area contributed by atoms with Crippen molar-refractivity contribution in [3.8, 4) is 11.5 Å². The van der Waals surface area contributed by atoms with Gasteiger partial charge in [0.05, 0.1) is 25.3 Å². The second-order valence-electron chi connectivity index (χ2n) is 7.43. The van der Waals surface area contributed by atoms with E-state index in [-0.39, 0.29) is 24.0 Å². The molecule has 7 nitrogen and oxygen atoms in total. The molecule has 1 aliphatic heterocycles. The number of para-hydroxylation sites is 2. The number of aromatic amines is 1. The number of ether oxygens (including phenoxy) is 2. The molecule has 4 rings (SSSR count). The zero-order chi connectivity index (χ0) is 20.9. The number of hydrogen-bond acceptors (Lipinski definition) is 4. The second kappa shape index (κ2) is 10.7. The smallest absolute Gasteiger partial charge is 0.193 e. The fourth-order valence-electron chi connectivity index (χ4n) is 3.98. The molecular weight excluding hydrogens is 505 g/mol. The van der Waals surface area contributed by atoms with E-state index in [0.29, 0.717) is 0 Å². The van der Waals surface area contributed by atoms with Crippen molar-refractivity contribution in [1.29, 1.82) is 0 Å². The molecule has 2 aromatic carbocycles. The van der Waals surface area contributed by atoms with Crippen molar-refractivity contribution in [2.24, 2.45) is 4.99 Å². The summed E-state index contributed by atoms with van der Waals surface area (Å²) >= 11 is 0. The maximum absolute atomic E-state index is 5.47. The van der Waals surface area contributed by atoms with Gasteiger partial charge in [0.15, 0.2) is 17.5 Å². The number of aliphatic imine (C=N–C) groups is 1. The van der Waals surface area contributed by atoms with Crippen molar-refractivity contribution >= 4 is 41.0 Å². The first-order valence-electron chi connectivity index (χ1n) is 10.3. The van der Waals surface area contributed by atoms with E-state index in [2.05, 4.69) is 43.4 Å². The largest absolute Gasteiger partial charge is 0.493 e. The van der Waals surface area contributed by atoms with Crippen molar-refractivity contribution in [3.05, 3.63) is 53.3 Å². The summed E-state index contributed by atoms with van der Waals surface area (Å²) in [4.78, 5) is 14.8. The number of aromatic nitrogens is 2. The molecule has 8 heteroatoms. The Balaban J connectivity index is 0.00000272. The van der Waals surface area contributed by atoms with Gasteiger partial charge in [0, 0.05) is 33.1 Å². The van der Waals surface area contributed by atoms with Gasteiger partial charge < -0.3 is 24.7 Å². The van der Waals surface area contributed by atoms with E-state index in [4.69, 9.17) is 9.47 Å². The van der Waals surface area contributed by atoms with Crippen LogP contribution in [0.4, 0.5) is 0 Å². The van der Waals surface area contributed by atoms with Crippen LogP contribution in [0.25, 0.3) is 11.0 Å². The van der Waals surface area contributed by atoms with E-state index in [1.54, 1.807) is 14.2 Å². The van der Waals surface area contributed by atoms with Crippen molar-refractivity contribution in [2.45, 2.75) is 25.8 Å². The maximum Gasteiger partial charge on any atom is 0.193 e. The van der Waals surface area contributed by atoms with Crippen LogP contribution in [-0.2, 0) is 19.4 Å². The second-order valence-corrected chi connectivity index (χ2v) is 7.43. The molecular formula is C23H30IN5O2. The maximum atomic E-state index is 5.47. The summed E-state index contributed by atoms with van der Waals surface area (Å²) in [6.45, 7) is 2.57. The first-order chi connectivity index (χ1) is 14.7. The molecule has 31 heavy (non-hydrogen) atoms. The minimum Gasteiger partial charge on any atom is -0.493 e. The Morgan fingerprint density at radius 2 is 1.90 bits per heavy atom. The number of hydrogen-bond donors (Lipinski definition) is 2. The van der Waals surface area contributed by atoms with E-state index >= 15 is 0 Å². The molecule has 1 aromatic heterocycles. The minimum absolute atomic E-state index is 0. The van der Waals surface area contributed by atoms with Crippen LogP contribution in [0.2, 0.25) is 0 Å². The third-order valence-corrected chi connectivity index (χ3v) is 5.54. The fraction of sp³-hybridized carbons (Fsp3) is 0.391. The molecule has 0 radical (unpaired) electrons. The Labute approximate surface area is 200 Å². The molecule has 0 aliphatic carbocycles. The molecule has 0 saturated carbocycles. The molecule has 0 fully saturated rings. The molecule has 2 heterocycles. The van der Waals surface area contributed by atoms with E-state index in [1.807, 2.05) is 25.2 Å². The number of guanidine groups is 1. The first-order valence-corrected chi connectivity index (χ1v) is 10.3. The average Bonchev–Trinajstić information content (AvgIpc) is 3.20. The lowest BCUT2D eigenvalue weighted by Gasteiger charge is -2.32.